The standard InChI is InChI=1S/C16H14FNOS/c1-10-18-11(9-20-10)8-16(19)14-6-7-15(17)13-5-3-2-4-12(13)14/h2-7,9,16,19H,8H2,1H3. The first-order chi connectivity index (χ1) is 9.65. The zero-order chi connectivity index (χ0) is 14.1. The lowest BCUT2D eigenvalue weighted by Crippen LogP contribution is -2.03. The van der Waals surface area contributed by atoms with Crippen molar-refractivity contribution in [1.29, 1.82) is 0 Å². The largest absolute Gasteiger partial charge is 0.388 e. The Morgan fingerprint density at radius 1 is 1.20 bits per heavy atom. The lowest BCUT2D eigenvalue weighted by atomic mass is 9.97. The monoisotopic (exact) mass is 287 g/mol. The lowest BCUT2D eigenvalue weighted by Gasteiger charge is -2.13. The van der Waals surface area contributed by atoms with Gasteiger partial charge in [-0.05, 0) is 23.9 Å². The number of aliphatic hydroxyl groups is 1. The predicted molar refractivity (Wildman–Crippen MR) is 79.4 cm³/mol. The van der Waals surface area contributed by atoms with Crippen molar-refractivity contribution in [2.75, 3.05) is 0 Å². The first-order valence-electron chi connectivity index (χ1n) is 6.41. The van der Waals surface area contributed by atoms with Crippen LogP contribution in [-0.4, -0.2) is 10.1 Å². The molecule has 0 aliphatic carbocycles. The normalized spacial score (nSPS) is 12.8. The van der Waals surface area contributed by atoms with E-state index in [0.29, 0.717) is 11.8 Å². The Kier molecular flexibility index (Phi) is 3.51. The Hall–Kier alpha value is -1.78. The number of aromatic nitrogens is 1. The summed E-state index contributed by atoms with van der Waals surface area (Å²) in [5, 5.41) is 14.6. The number of hydrogen-bond donors (Lipinski definition) is 1. The number of aliphatic hydroxyl groups excluding tert-OH is 1. The van der Waals surface area contributed by atoms with Crippen LogP contribution in [0, 0.1) is 12.7 Å². The summed E-state index contributed by atoms with van der Waals surface area (Å²) in [5.74, 6) is -0.263. The van der Waals surface area contributed by atoms with Crippen LogP contribution in [0.3, 0.4) is 0 Å². The second-order valence-electron chi connectivity index (χ2n) is 4.76. The minimum absolute atomic E-state index is 0.263. The van der Waals surface area contributed by atoms with Gasteiger partial charge in [0.2, 0.25) is 0 Å². The first-order valence-corrected chi connectivity index (χ1v) is 7.29. The van der Waals surface area contributed by atoms with Gasteiger partial charge in [0.15, 0.2) is 0 Å². The van der Waals surface area contributed by atoms with Gasteiger partial charge in [0.25, 0.3) is 0 Å². The molecular formula is C16H14FNOS. The van der Waals surface area contributed by atoms with E-state index in [1.165, 1.54) is 6.07 Å². The second kappa shape index (κ2) is 5.31. The topological polar surface area (TPSA) is 33.1 Å². The van der Waals surface area contributed by atoms with Crippen molar-refractivity contribution < 1.29 is 9.50 Å². The molecule has 0 saturated carbocycles. The Labute approximate surface area is 120 Å². The summed E-state index contributed by atoms with van der Waals surface area (Å²) in [6, 6.07) is 10.3. The van der Waals surface area contributed by atoms with Crippen LogP contribution in [0.15, 0.2) is 41.8 Å². The maximum absolute atomic E-state index is 13.8. The summed E-state index contributed by atoms with van der Waals surface area (Å²) >= 11 is 1.57. The number of hydrogen-bond acceptors (Lipinski definition) is 3. The van der Waals surface area contributed by atoms with E-state index in [4.69, 9.17) is 0 Å². The molecule has 1 atom stereocenters. The third-order valence-electron chi connectivity index (χ3n) is 3.33. The molecule has 20 heavy (non-hydrogen) atoms. The lowest BCUT2D eigenvalue weighted by molar-refractivity contribution is 0.179. The molecule has 0 amide bonds. The quantitative estimate of drug-likeness (QED) is 0.789. The summed E-state index contributed by atoms with van der Waals surface area (Å²) in [7, 11) is 0. The van der Waals surface area contributed by atoms with Crippen molar-refractivity contribution in [2.45, 2.75) is 19.4 Å². The van der Waals surface area contributed by atoms with E-state index in [1.807, 2.05) is 24.4 Å². The van der Waals surface area contributed by atoms with E-state index in [0.717, 1.165) is 21.7 Å². The van der Waals surface area contributed by atoms with Gasteiger partial charge in [-0.2, -0.15) is 0 Å². The number of rotatable bonds is 3. The third kappa shape index (κ3) is 2.44. The number of benzene rings is 2. The highest BCUT2D eigenvalue weighted by Crippen LogP contribution is 2.28. The van der Waals surface area contributed by atoms with E-state index in [1.54, 1.807) is 29.5 Å². The fraction of sp³-hybridized carbons (Fsp3) is 0.188. The maximum Gasteiger partial charge on any atom is 0.131 e. The molecule has 102 valence electrons. The van der Waals surface area contributed by atoms with E-state index in [-0.39, 0.29) is 5.82 Å². The molecule has 1 aromatic heterocycles. The smallest absolute Gasteiger partial charge is 0.131 e. The van der Waals surface area contributed by atoms with E-state index < -0.39 is 6.10 Å². The molecule has 0 aliphatic heterocycles. The molecule has 0 spiro atoms. The maximum atomic E-state index is 13.8. The predicted octanol–water partition coefficient (Wildman–Crippen LogP) is 4.02. The van der Waals surface area contributed by atoms with Crippen molar-refractivity contribution in [1.82, 2.24) is 4.98 Å². The number of halogens is 1. The molecule has 0 bridgehead atoms. The molecule has 4 heteroatoms. The highest BCUT2D eigenvalue weighted by atomic mass is 32.1. The summed E-state index contributed by atoms with van der Waals surface area (Å²) in [6.07, 6.45) is -0.234. The van der Waals surface area contributed by atoms with E-state index in [2.05, 4.69) is 4.98 Å². The van der Waals surface area contributed by atoms with Crippen LogP contribution < -0.4 is 0 Å². The van der Waals surface area contributed by atoms with Crippen molar-refractivity contribution in [3.63, 3.8) is 0 Å². The summed E-state index contributed by atoms with van der Waals surface area (Å²) in [6.45, 7) is 1.94. The highest BCUT2D eigenvalue weighted by Gasteiger charge is 2.15. The van der Waals surface area contributed by atoms with Crippen LogP contribution in [-0.2, 0) is 6.42 Å². The minimum Gasteiger partial charge on any atom is -0.388 e. The van der Waals surface area contributed by atoms with E-state index >= 15 is 0 Å². The fourth-order valence-electron chi connectivity index (χ4n) is 2.39. The molecule has 3 aromatic rings. The number of aryl methyl sites for hydroxylation is 1. The Morgan fingerprint density at radius 2 is 1.95 bits per heavy atom. The average Bonchev–Trinajstić information content (AvgIpc) is 2.84. The summed E-state index contributed by atoms with van der Waals surface area (Å²) < 4.78 is 13.8. The van der Waals surface area contributed by atoms with Crippen LogP contribution in [0.4, 0.5) is 4.39 Å². The van der Waals surface area contributed by atoms with Crippen molar-refractivity contribution in [3.8, 4) is 0 Å². The van der Waals surface area contributed by atoms with Gasteiger partial charge in [0.05, 0.1) is 16.8 Å². The van der Waals surface area contributed by atoms with Crippen molar-refractivity contribution in [2.24, 2.45) is 0 Å². The van der Waals surface area contributed by atoms with Crippen LogP contribution in [0.2, 0.25) is 0 Å². The molecule has 3 rings (SSSR count). The van der Waals surface area contributed by atoms with Crippen molar-refractivity contribution >= 4 is 22.1 Å². The third-order valence-corrected chi connectivity index (χ3v) is 4.15. The highest BCUT2D eigenvalue weighted by molar-refractivity contribution is 7.09. The molecule has 1 heterocycles. The van der Waals surface area contributed by atoms with Gasteiger partial charge in [-0.1, -0.05) is 30.3 Å². The Balaban J connectivity index is 1.99. The summed E-state index contributed by atoms with van der Waals surface area (Å²) in [4.78, 5) is 4.36. The molecule has 1 N–H and O–H groups in total. The van der Waals surface area contributed by atoms with Gasteiger partial charge in [-0.25, -0.2) is 9.37 Å². The van der Waals surface area contributed by atoms with Gasteiger partial charge in [-0.15, -0.1) is 11.3 Å². The van der Waals surface area contributed by atoms with Crippen LogP contribution >= 0.6 is 11.3 Å². The zero-order valence-electron chi connectivity index (χ0n) is 11.0. The van der Waals surface area contributed by atoms with Gasteiger partial charge in [0, 0.05) is 17.2 Å². The first kappa shape index (κ1) is 13.2. The summed E-state index contributed by atoms with van der Waals surface area (Å²) in [5.41, 5.74) is 1.61. The molecule has 1 unspecified atom stereocenters. The van der Waals surface area contributed by atoms with Crippen LogP contribution in [0.5, 0.6) is 0 Å². The Morgan fingerprint density at radius 3 is 2.65 bits per heavy atom. The minimum atomic E-state index is -0.679. The number of nitrogens with zero attached hydrogens (tertiary/aromatic N) is 1. The fourth-order valence-corrected chi connectivity index (χ4v) is 3.01. The SMILES string of the molecule is Cc1nc(CC(O)c2ccc(F)c3ccccc23)cs1. The molecule has 2 nitrogen and oxygen atoms in total. The molecule has 0 saturated heterocycles. The molecular weight excluding hydrogens is 273 g/mol. The zero-order valence-corrected chi connectivity index (χ0v) is 11.8. The van der Waals surface area contributed by atoms with Gasteiger partial charge in [0.1, 0.15) is 5.82 Å². The van der Waals surface area contributed by atoms with Gasteiger partial charge < -0.3 is 5.11 Å². The molecule has 0 radical (unpaired) electrons. The van der Waals surface area contributed by atoms with Crippen LogP contribution in [0.25, 0.3) is 10.8 Å². The molecule has 0 fully saturated rings. The van der Waals surface area contributed by atoms with Crippen LogP contribution in [0.1, 0.15) is 22.4 Å². The second-order valence-corrected chi connectivity index (χ2v) is 5.82. The van der Waals surface area contributed by atoms with Gasteiger partial charge >= 0.3 is 0 Å². The number of fused-ring (bicyclic) bond motifs is 1. The molecule has 2 aromatic carbocycles. The average molecular weight is 287 g/mol. The number of thiazole rings is 1. The van der Waals surface area contributed by atoms with Gasteiger partial charge in [-0.3, -0.25) is 0 Å². The Bertz CT molecular complexity index is 753. The van der Waals surface area contributed by atoms with E-state index in [9.17, 15) is 9.50 Å². The van der Waals surface area contributed by atoms with Crippen molar-refractivity contribution in [3.05, 3.63) is 63.9 Å². The molecule has 0 aliphatic rings.